The van der Waals surface area contributed by atoms with Crippen LogP contribution in [-0.2, 0) is 4.74 Å². The summed E-state index contributed by atoms with van der Waals surface area (Å²) in [5.74, 6) is 2.48. The molecular formula is C12H27NOS. The zero-order valence-corrected chi connectivity index (χ0v) is 11.7. The van der Waals surface area contributed by atoms with E-state index < -0.39 is 0 Å². The van der Waals surface area contributed by atoms with Crippen LogP contribution >= 0.6 is 11.8 Å². The third-order valence-electron chi connectivity index (χ3n) is 2.72. The van der Waals surface area contributed by atoms with Crippen LogP contribution in [0.2, 0.25) is 0 Å². The van der Waals surface area contributed by atoms with Crippen molar-refractivity contribution in [3.05, 3.63) is 0 Å². The van der Waals surface area contributed by atoms with Crippen molar-refractivity contribution in [1.82, 2.24) is 5.32 Å². The van der Waals surface area contributed by atoms with Crippen LogP contribution in [0.25, 0.3) is 0 Å². The molecule has 0 bridgehead atoms. The molecule has 2 nitrogen and oxygen atoms in total. The molecule has 92 valence electrons. The minimum absolute atomic E-state index is 0.0184. The van der Waals surface area contributed by atoms with Gasteiger partial charge in [0.1, 0.15) is 0 Å². The second kappa shape index (κ2) is 8.43. The van der Waals surface area contributed by atoms with Crippen LogP contribution in [0.3, 0.4) is 0 Å². The summed E-state index contributed by atoms with van der Waals surface area (Å²) in [5.41, 5.74) is 0.0184. The summed E-state index contributed by atoms with van der Waals surface area (Å²) < 4.78 is 5.42. The van der Waals surface area contributed by atoms with E-state index in [1.165, 1.54) is 24.3 Å². The van der Waals surface area contributed by atoms with Gasteiger partial charge in [-0.15, -0.1) is 0 Å². The quantitative estimate of drug-likeness (QED) is 0.619. The molecule has 0 aromatic rings. The molecule has 1 unspecified atom stereocenters. The summed E-state index contributed by atoms with van der Waals surface area (Å²) >= 11 is 2.04. The van der Waals surface area contributed by atoms with Crippen molar-refractivity contribution in [2.45, 2.75) is 51.7 Å². The predicted molar refractivity (Wildman–Crippen MR) is 70.8 cm³/mol. The lowest BCUT2D eigenvalue weighted by Gasteiger charge is -2.25. The predicted octanol–water partition coefficient (Wildman–Crippen LogP) is 2.92. The third kappa shape index (κ3) is 8.12. The van der Waals surface area contributed by atoms with Gasteiger partial charge in [-0.05, 0) is 45.9 Å². The highest BCUT2D eigenvalue weighted by molar-refractivity contribution is 7.99. The van der Waals surface area contributed by atoms with E-state index in [0.717, 1.165) is 6.42 Å². The Labute approximate surface area is 99.5 Å². The zero-order valence-electron chi connectivity index (χ0n) is 10.9. The average Bonchev–Trinajstić information content (AvgIpc) is 2.23. The Kier molecular flexibility index (Phi) is 8.58. The van der Waals surface area contributed by atoms with Crippen molar-refractivity contribution in [3.63, 3.8) is 0 Å². The van der Waals surface area contributed by atoms with Gasteiger partial charge in [-0.1, -0.05) is 6.92 Å². The standard InChI is InChI=1S/C12H27NOS/c1-6-9-15-10-11(13-4)7-8-12(2,3)14-5/h11,13H,6-10H2,1-5H3. The lowest BCUT2D eigenvalue weighted by Crippen LogP contribution is -2.32. The van der Waals surface area contributed by atoms with Gasteiger partial charge in [0, 0.05) is 18.9 Å². The van der Waals surface area contributed by atoms with E-state index in [1.807, 2.05) is 11.8 Å². The van der Waals surface area contributed by atoms with Crippen molar-refractivity contribution in [2.75, 3.05) is 25.7 Å². The molecule has 0 heterocycles. The largest absolute Gasteiger partial charge is 0.379 e. The molecule has 1 atom stereocenters. The van der Waals surface area contributed by atoms with E-state index in [4.69, 9.17) is 4.74 Å². The van der Waals surface area contributed by atoms with E-state index in [-0.39, 0.29) is 5.60 Å². The number of ether oxygens (including phenoxy) is 1. The summed E-state index contributed by atoms with van der Waals surface area (Å²) in [4.78, 5) is 0. The first kappa shape index (κ1) is 15.3. The second-order valence-electron chi connectivity index (χ2n) is 4.56. The van der Waals surface area contributed by atoms with E-state index >= 15 is 0 Å². The molecule has 0 aromatic heterocycles. The topological polar surface area (TPSA) is 21.3 Å². The van der Waals surface area contributed by atoms with Gasteiger partial charge in [-0.25, -0.2) is 0 Å². The normalized spacial score (nSPS) is 14.2. The molecule has 1 N–H and O–H groups in total. The van der Waals surface area contributed by atoms with Crippen molar-refractivity contribution in [1.29, 1.82) is 0 Å². The lowest BCUT2D eigenvalue weighted by atomic mass is 9.99. The number of rotatable bonds is 9. The maximum Gasteiger partial charge on any atom is 0.0623 e. The molecule has 0 radical (unpaired) electrons. The fourth-order valence-corrected chi connectivity index (χ4v) is 2.38. The van der Waals surface area contributed by atoms with E-state index in [1.54, 1.807) is 7.11 Å². The summed E-state index contributed by atoms with van der Waals surface area (Å²) in [7, 11) is 3.84. The van der Waals surface area contributed by atoms with Crippen molar-refractivity contribution in [3.8, 4) is 0 Å². The summed E-state index contributed by atoms with van der Waals surface area (Å²) in [5, 5.41) is 3.38. The van der Waals surface area contributed by atoms with Gasteiger partial charge < -0.3 is 10.1 Å². The smallest absolute Gasteiger partial charge is 0.0623 e. The number of hydrogen-bond donors (Lipinski definition) is 1. The van der Waals surface area contributed by atoms with Gasteiger partial charge in [-0.2, -0.15) is 11.8 Å². The molecule has 0 aliphatic heterocycles. The Morgan fingerprint density at radius 3 is 2.53 bits per heavy atom. The Bertz CT molecular complexity index is 151. The maximum absolute atomic E-state index is 5.42. The first-order valence-corrected chi connectivity index (χ1v) is 7.01. The molecule has 0 rings (SSSR count). The average molecular weight is 233 g/mol. The molecule has 0 saturated carbocycles. The molecule has 0 fully saturated rings. The van der Waals surface area contributed by atoms with E-state index in [2.05, 4.69) is 33.1 Å². The van der Waals surface area contributed by atoms with Gasteiger partial charge in [0.15, 0.2) is 0 Å². The van der Waals surface area contributed by atoms with Crippen LogP contribution < -0.4 is 5.32 Å². The van der Waals surface area contributed by atoms with Gasteiger partial charge in [0.2, 0.25) is 0 Å². The number of nitrogens with one attached hydrogen (secondary N) is 1. The van der Waals surface area contributed by atoms with Crippen LogP contribution in [0.5, 0.6) is 0 Å². The monoisotopic (exact) mass is 233 g/mol. The highest BCUT2D eigenvalue weighted by Gasteiger charge is 2.18. The Hall–Kier alpha value is 0.270. The Balaban J connectivity index is 3.69. The molecular weight excluding hydrogens is 206 g/mol. The van der Waals surface area contributed by atoms with Gasteiger partial charge in [0.25, 0.3) is 0 Å². The third-order valence-corrected chi connectivity index (χ3v) is 4.06. The van der Waals surface area contributed by atoms with Crippen LogP contribution in [-0.4, -0.2) is 37.3 Å². The minimum Gasteiger partial charge on any atom is -0.379 e. The molecule has 0 aliphatic carbocycles. The summed E-state index contributed by atoms with van der Waals surface area (Å²) in [6.45, 7) is 6.53. The number of thioether (sulfide) groups is 1. The molecule has 0 spiro atoms. The van der Waals surface area contributed by atoms with Gasteiger partial charge >= 0.3 is 0 Å². The van der Waals surface area contributed by atoms with Gasteiger partial charge in [0.05, 0.1) is 5.60 Å². The molecule has 0 aromatic carbocycles. The molecule has 0 saturated heterocycles. The van der Waals surface area contributed by atoms with Crippen LogP contribution in [0, 0.1) is 0 Å². The highest BCUT2D eigenvalue weighted by Crippen LogP contribution is 2.18. The van der Waals surface area contributed by atoms with Crippen molar-refractivity contribution < 1.29 is 4.74 Å². The molecule has 15 heavy (non-hydrogen) atoms. The molecule has 0 amide bonds. The van der Waals surface area contributed by atoms with Crippen LogP contribution in [0.15, 0.2) is 0 Å². The minimum atomic E-state index is 0.0184. The Morgan fingerprint density at radius 1 is 1.40 bits per heavy atom. The summed E-state index contributed by atoms with van der Waals surface area (Å²) in [6.07, 6.45) is 3.57. The number of methoxy groups -OCH3 is 1. The lowest BCUT2D eigenvalue weighted by molar-refractivity contribution is 0.0123. The number of hydrogen-bond acceptors (Lipinski definition) is 3. The molecule has 3 heteroatoms. The van der Waals surface area contributed by atoms with E-state index in [0.29, 0.717) is 6.04 Å². The van der Waals surface area contributed by atoms with Gasteiger partial charge in [-0.3, -0.25) is 0 Å². The van der Waals surface area contributed by atoms with Crippen molar-refractivity contribution >= 4 is 11.8 Å². The molecule has 0 aliphatic rings. The van der Waals surface area contributed by atoms with E-state index in [9.17, 15) is 0 Å². The fraction of sp³-hybridized carbons (Fsp3) is 1.00. The van der Waals surface area contributed by atoms with Crippen molar-refractivity contribution in [2.24, 2.45) is 0 Å². The zero-order chi connectivity index (χ0) is 11.7. The fourth-order valence-electron chi connectivity index (χ4n) is 1.30. The Morgan fingerprint density at radius 2 is 2.07 bits per heavy atom. The SMILES string of the molecule is CCCSCC(CCC(C)(C)OC)NC. The second-order valence-corrected chi connectivity index (χ2v) is 5.71. The first-order chi connectivity index (χ1) is 7.05. The highest BCUT2D eigenvalue weighted by atomic mass is 32.2. The summed E-state index contributed by atoms with van der Waals surface area (Å²) in [6, 6.07) is 0.621. The maximum atomic E-state index is 5.42. The first-order valence-electron chi connectivity index (χ1n) is 5.86. The van der Waals surface area contributed by atoms with Crippen LogP contribution in [0.1, 0.15) is 40.0 Å². The van der Waals surface area contributed by atoms with Crippen LogP contribution in [0.4, 0.5) is 0 Å².